The lowest BCUT2D eigenvalue weighted by molar-refractivity contribution is 0.195. The van der Waals surface area contributed by atoms with E-state index in [1.54, 1.807) is 5.56 Å². The van der Waals surface area contributed by atoms with Crippen LogP contribution < -0.4 is 31.1 Å². The van der Waals surface area contributed by atoms with E-state index in [0.717, 1.165) is 44.7 Å². The van der Waals surface area contributed by atoms with Gasteiger partial charge in [-0.1, -0.05) is 149 Å². The minimum Gasteiger partial charge on any atom is -0.456 e. The highest BCUT2D eigenvalue weighted by Crippen LogP contribution is 2.62. The molecule has 0 amide bonds. The first-order chi connectivity index (χ1) is 32.3. The fraction of sp³-hybridized carbons (Fsp3) is 0.333. The molecule has 0 radical (unpaired) electrons. The molecule has 1 aliphatic carbocycles. The molecule has 2 unspecified atom stereocenters. The van der Waals surface area contributed by atoms with Crippen molar-refractivity contribution in [3.8, 4) is 0 Å². The average molecular weight is 892 g/mol. The monoisotopic (exact) mass is 892 g/mol. The summed E-state index contributed by atoms with van der Waals surface area (Å²) in [6, 6.07) is 51.4. The standard InChI is InChI=1S/C63H66BN3O/c1-39-34-52-57-53(35-39)67-58-47(62(11)32-15-16-33-63(62,67)12)36-42(61(8,9)10)37-49(58)64(57)48-31-30-45(38-51(48)66(52)50-19-17-21-55-56(50)46-18-13-14-20-54(46)68-55)65(43-26-22-40(23-27-43)59(2,3)4)44-28-24-41(25-29-44)60(5,6)7/h13-14,17-31,34-38H,15-16,32-33H2,1-12H3. The van der Waals surface area contributed by atoms with Crippen LogP contribution in [0.25, 0.3) is 21.9 Å². The van der Waals surface area contributed by atoms with Crippen LogP contribution in [0.15, 0.2) is 138 Å². The second kappa shape index (κ2) is 14.4. The van der Waals surface area contributed by atoms with Crippen molar-refractivity contribution in [3.63, 3.8) is 0 Å². The molecule has 1 saturated carbocycles. The van der Waals surface area contributed by atoms with E-state index in [-0.39, 0.29) is 33.9 Å². The van der Waals surface area contributed by atoms with Gasteiger partial charge in [0.2, 0.25) is 0 Å². The van der Waals surface area contributed by atoms with Gasteiger partial charge in [0.25, 0.3) is 6.71 Å². The van der Waals surface area contributed by atoms with Crippen LogP contribution in [0.5, 0.6) is 0 Å². The molecule has 0 bridgehead atoms. The van der Waals surface area contributed by atoms with Crippen LogP contribution in [0, 0.1) is 6.92 Å². The number of aryl methyl sites for hydroxylation is 1. The lowest BCUT2D eigenvalue weighted by Gasteiger charge is -2.53. The molecule has 5 heteroatoms. The lowest BCUT2D eigenvalue weighted by atomic mass is 9.33. The quantitative estimate of drug-likeness (QED) is 0.164. The van der Waals surface area contributed by atoms with E-state index in [1.165, 1.54) is 87.1 Å². The van der Waals surface area contributed by atoms with Crippen molar-refractivity contribution in [1.82, 2.24) is 0 Å². The normalized spacial score (nSPS) is 19.6. The van der Waals surface area contributed by atoms with E-state index in [9.17, 15) is 0 Å². The maximum Gasteiger partial charge on any atom is 0.252 e. The van der Waals surface area contributed by atoms with E-state index in [1.807, 2.05) is 0 Å². The fourth-order valence-corrected chi connectivity index (χ4v) is 12.9. The van der Waals surface area contributed by atoms with Crippen LogP contribution in [-0.4, -0.2) is 12.3 Å². The first-order valence-electron chi connectivity index (χ1n) is 25.3. The predicted octanol–water partition coefficient (Wildman–Crippen LogP) is 15.6. The van der Waals surface area contributed by atoms with Crippen LogP contribution in [0.2, 0.25) is 0 Å². The number of anilines is 8. The van der Waals surface area contributed by atoms with Gasteiger partial charge in [0.1, 0.15) is 11.2 Å². The Kier molecular flexibility index (Phi) is 9.14. The third-order valence-corrected chi connectivity index (χ3v) is 16.9. The number of para-hydroxylation sites is 1. The third kappa shape index (κ3) is 6.12. The molecule has 8 aromatic rings. The lowest BCUT2D eigenvalue weighted by Crippen LogP contribution is -2.64. The Labute approximate surface area is 405 Å². The van der Waals surface area contributed by atoms with Gasteiger partial charge >= 0.3 is 0 Å². The molecule has 342 valence electrons. The van der Waals surface area contributed by atoms with E-state index in [2.05, 4.69) is 231 Å². The van der Waals surface area contributed by atoms with Crippen molar-refractivity contribution in [1.29, 1.82) is 0 Å². The van der Waals surface area contributed by atoms with Crippen molar-refractivity contribution >= 4 is 90.5 Å². The summed E-state index contributed by atoms with van der Waals surface area (Å²) in [5, 5.41) is 2.27. The summed E-state index contributed by atoms with van der Waals surface area (Å²) >= 11 is 0. The zero-order valence-electron chi connectivity index (χ0n) is 42.4. The van der Waals surface area contributed by atoms with E-state index in [0.29, 0.717) is 0 Å². The first-order valence-corrected chi connectivity index (χ1v) is 25.3. The summed E-state index contributed by atoms with van der Waals surface area (Å²) in [6.07, 6.45) is 4.88. The average Bonchev–Trinajstić information content (AvgIpc) is 3.78. The summed E-state index contributed by atoms with van der Waals surface area (Å²) in [5.74, 6) is 0. The molecule has 1 fully saturated rings. The molecule has 7 aromatic carbocycles. The molecule has 4 heterocycles. The van der Waals surface area contributed by atoms with Gasteiger partial charge in [0.15, 0.2) is 0 Å². The highest BCUT2D eigenvalue weighted by atomic mass is 16.3. The number of rotatable bonds is 4. The fourth-order valence-electron chi connectivity index (χ4n) is 12.9. The molecule has 0 N–H and O–H groups in total. The van der Waals surface area contributed by atoms with Gasteiger partial charge in [0.05, 0.1) is 16.6 Å². The Morgan fingerprint density at radius 2 is 1.15 bits per heavy atom. The Hall–Kier alpha value is -6.20. The molecule has 12 rings (SSSR count). The van der Waals surface area contributed by atoms with Crippen LogP contribution in [0.4, 0.5) is 45.5 Å². The zero-order valence-corrected chi connectivity index (χ0v) is 42.4. The maximum atomic E-state index is 6.68. The van der Waals surface area contributed by atoms with Crippen LogP contribution in [-0.2, 0) is 21.7 Å². The second-order valence-corrected chi connectivity index (χ2v) is 24.3. The summed E-state index contributed by atoms with van der Waals surface area (Å²) < 4.78 is 6.68. The van der Waals surface area contributed by atoms with Gasteiger partial charge in [-0.25, -0.2) is 0 Å². The van der Waals surface area contributed by atoms with Crippen LogP contribution in [0.1, 0.15) is 130 Å². The Morgan fingerprint density at radius 1 is 0.544 bits per heavy atom. The van der Waals surface area contributed by atoms with E-state index >= 15 is 0 Å². The molecule has 68 heavy (non-hydrogen) atoms. The van der Waals surface area contributed by atoms with Gasteiger partial charge in [-0.2, -0.15) is 0 Å². The SMILES string of the molecule is Cc1cc2c3c(c1)N1c4c(cc(C(C)(C)C)cc4C4(C)CCCCC14C)B3c1ccc(N(c3ccc(C(C)(C)C)cc3)c3ccc(C(C)(C)C)cc3)cc1N2c1cccc2oc3ccccc3c12. The number of nitrogens with zero attached hydrogens (tertiary/aromatic N) is 3. The Balaban J connectivity index is 1.18. The van der Waals surface area contributed by atoms with E-state index < -0.39 is 0 Å². The third-order valence-electron chi connectivity index (χ3n) is 16.9. The van der Waals surface area contributed by atoms with Gasteiger partial charge in [0, 0.05) is 50.6 Å². The van der Waals surface area contributed by atoms with Crippen molar-refractivity contribution in [3.05, 3.63) is 161 Å². The highest BCUT2D eigenvalue weighted by molar-refractivity contribution is 7.00. The highest BCUT2D eigenvalue weighted by Gasteiger charge is 2.61. The number of hydrogen-bond acceptors (Lipinski definition) is 4. The number of benzene rings is 7. The molecule has 1 aromatic heterocycles. The summed E-state index contributed by atoms with van der Waals surface area (Å²) in [7, 11) is 0. The number of fused-ring (bicyclic) bond motifs is 10. The number of furan rings is 1. The molecule has 0 spiro atoms. The largest absolute Gasteiger partial charge is 0.456 e. The first kappa shape index (κ1) is 43.1. The van der Waals surface area contributed by atoms with Crippen LogP contribution in [0.3, 0.4) is 0 Å². The van der Waals surface area contributed by atoms with Crippen molar-refractivity contribution in [2.24, 2.45) is 0 Å². The molecule has 2 atom stereocenters. The van der Waals surface area contributed by atoms with Crippen molar-refractivity contribution in [2.75, 3.05) is 14.7 Å². The van der Waals surface area contributed by atoms with E-state index in [4.69, 9.17) is 4.42 Å². The molecule has 4 aliphatic rings. The topological polar surface area (TPSA) is 22.9 Å². The Bertz CT molecular complexity index is 3300. The molecule has 0 saturated heterocycles. The van der Waals surface area contributed by atoms with Gasteiger partial charge in [-0.05, 0) is 154 Å². The number of hydrogen-bond donors (Lipinski definition) is 0. The molecule has 3 aliphatic heterocycles. The summed E-state index contributed by atoms with van der Waals surface area (Å²) in [4.78, 5) is 7.95. The van der Waals surface area contributed by atoms with Crippen molar-refractivity contribution in [2.45, 2.75) is 136 Å². The van der Waals surface area contributed by atoms with Crippen LogP contribution >= 0.6 is 0 Å². The van der Waals surface area contributed by atoms with Gasteiger partial charge in [-0.3, -0.25) is 0 Å². The summed E-state index contributed by atoms with van der Waals surface area (Å²) in [5.41, 5.74) is 22.7. The van der Waals surface area contributed by atoms with Gasteiger partial charge in [-0.15, -0.1) is 0 Å². The maximum absolute atomic E-state index is 6.68. The minimum atomic E-state index is -0.0628. The molecule has 4 nitrogen and oxygen atoms in total. The smallest absolute Gasteiger partial charge is 0.252 e. The minimum absolute atomic E-state index is 0.0139. The second-order valence-electron chi connectivity index (χ2n) is 24.3. The predicted molar refractivity (Wildman–Crippen MR) is 291 cm³/mol. The zero-order chi connectivity index (χ0) is 47.4. The van der Waals surface area contributed by atoms with Crippen molar-refractivity contribution < 1.29 is 4.42 Å². The summed E-state index contributed by atoms with van der Waals surface area (Å²) in [6.45, 7) is 28.5. The molecular weight excluding hydrogens is 826 g/mol. The Morgan fingerprint density at radius 3 is 1.81 bits per heavy atom. The van der Waals surface area contributed by atoms with Gasteiger partial charge < -0.3 is 19.1 Å². The molecular formula is C63H66BN3O.